The molecule has 3 aromatic heterocycles. The van der Waals surface area contributed by atoms with Crippen molar-refractivity contribution in [2.45, 2.75) is 51.5 Å². The summed E-state index contributed by atoms with van der Waals surface area (Å²) in [4.78, 5) is 32.3. The van der Waals surface area contributed by atoms with E-state index in [9.17, 15) is 27.2 Å². The molecular weight excluding hydrogens is 496 g/mol. The Morgan fingerprint density at radius 2 is 1.74 bits per heavy atom. The van der Waals surface area contributed by atoms with Gasteiger partial charge in [0, 0.05) is 19.4 Å². The SMILES string of the molecule is O=c1c2[nH]c(Cl)[nH+]c2n(CCCC(F)(F)F)c(=O)n1CCCn1nnc(Cc2ccc(F)cc2)n1. The topological polar surface area (TPSA) is 118 Å². The number of aromatic nitrogens is 8. The maximum absolute atomic E-state index is 13.0. The fourth-order valence-corrected chi connectivity index (χ4v) is 3.81. The van der Waals surface area contributed by atoms with Gasteiger partial charge < -0.3 is 0 Å². The van der Waals surface area contributed by atoms with Crippen LogP contribution in [-0.2, 0) is 26.1 Å². The number of tetrazole rings is 1. The molecule has 0 saturated heterocycles. The van der Waals surface area contributed by atoms with Gasteiger partial charge in [-0.2, -0.15) is 18.0 Å². The summed E-state index contributed by atoms with van der Waals surface area (Å²) < 4.78 is 52.8. The number of halogens is 5. The van der Waals surface area contributed by atoms with Crippen molar-refractivity contribution in [2.75, 3.05) is 0 Å². The molecule has 15 heteroatoms. The quantitative estimate of drug-likeness (QED) is 0.271. The van der Waals surface area contributed by atoms with Gasteiger partial charge in [-0.25, -0.2) is 23.3 Å². The molecule has 0 fully saturated rings. The van der Waals surface area contributed by atoms with Crippen LogP contribution < -0.4 is 16.2 Å². The lowest BCUT2D eigenvalue weighted by Gasteiger charge is -2.08. The minimum atomic E-state index is -4.36. The van der Waals surface area contributed by atoms with Gasteiger partial charge in [0.1, 0.15) is 5.82 Å². The van der Waals surface area contributed by atoms with Crippen LogP contribution in [0.25, 0.3) is 11.2 Å². The van der Waals surface area contributed by atoms with Crippen molar-refractivity contribution in [2.24, 2.45) is 0 Å². The summed E-state index contributed by atoms with van der Waals surface area (Å²) in [5.74, 6) is 0.0662. The molecule has 0 aliphatic rings. The van der Waals surface area contributed by atoms with Crippen LogP contribution in [-0.4, -0.2) is 40.5 Å². The predicted molar refractivity (Wildman–Crippen MR) is 115 cm³/mol. The standard InChI is InChI=1S/C20H19ClF4N8O2/c21-18-26-15-16(27-18)31(8-1-7-20(23,24)25)19(35)32(17(15)34)9-2-10-33-29-14(28-30-33)11-12-3-5-13(22)6-4-12/h3-6H,1-2,7-11H2,(H,26,27)/p+1. The van der Waals surface area contributed by atoms with Crippen molar-refractivity contribution < 1.29 is 22.5 Å². The van der Waals surface area contributed by atoms with E-state index in [1.807, 2.05) is 0 Å². The summed E-state index contributed by atoms with van der Waals surface area (Å²) >= 11 is 5.89. The van der Waals surface area contributed by atoms with Gasteiger partial charge in [0.15, 0.2) is 5.82 Å². The predicted octanol–water partition coefficient (Wildman–Crippen LogP) is 2.11. The minimum absolute atomic E-state index is 0.0120. The number of rotatable bonds is 9. The number of nitrogens with one attached hydrogen (secondary N) is 2. The first-order valence-corrected chi connectivity index (χ1v) is 11.0. The van der Waals surface area contributed by atoms with E-state index < -0.39 is 23.8 Å². The van der Waals surface area contributed by atoms with Crippen molar-refractivity contribution in [3.05, 3.63) is 67.6 Å². The van der Waals surface area contributed by atoms with E-state index in [1.54, 1.807) is 12.1 Å². The first-order chi connectivity index (χ1) is 16.6. The summed E-state index contributed by atoms with van der Waals surface area (Å²) in [6, 6.07) is 5.89. The molecule has 10 nitrogen and oxygen atoms in total. The van der Waals surface area contributed by atoms with Crippen LogP contribution in [0.2, 0.25) is 5.28 Å². The summed E-state index contributed by atoms with van der Waals surface area (Å²) in [6.07, 6.45) is -5.16. The summed E-state index contributed by atoms with van der Waals surface area (Å²) in [5, 5.41) is 12.1. The number of aryl methyl sites for hydroxylation is 2. The second-order valence-corrected chi connectivity index (χ2v) is 8.23. The zero-order valence-electron chi connectivity index (χ0n) is 18.1. The molecule has 0 spiro atoms. The maximum atomic E-state index is 13.0. The lowest BCUT2D eigenvalue weighted by Crippen LogP contribution is -2.41. The third-order valence-electron chi connectivity index (χ3n) is 5.24. The van der Waals surface area contributed by atoms with Crippen LogP contribution in [0.5, 0.6) is 0 Å². The zero-order valence-corrected chi connectivity index (χ0v) is 18.9. The van der Waals surface area contributed by atoms with Gasteiger partial charge in [0.2, 0.25) is 5.52 Å². The zero-order chi connectivity index (χ0) is 25.2. The fraction of sp³-hybridized carbons (Fsp3) is 0.400. The number of aromatic amines is 2. The third-order valence-corrected chi connectivity index (χ3v) is 5.43. The van der Waals surface area contributed by atoms with Crippen molar-refractivity contribution >= 4 is 22.8 Å². The van der Waals surface area contributed by atoms with Crippen LogP contribution in [0.4, 0.5) is 17.6 Å². The number of H-pyrrole nitrogens is 2. The first kappa shape index (κ1) is 24.6. The average Bonchev–Trinajstić information content (AvgIpc) is 3.40. The van der Waals surface area contributed by atoms with Crippen LogP contribution >= 0.6 is 11.6 Å². The molecule has 0 aliphatic carbocycles. The van der Waals surface area contributed by atoms with E-state index in [-0.39, 0.29) is 54.7 Å². The van der Waals surface area contributed by atoms with Crippen molar-refractivity contribution in [1.29, 1.82) is 0 Å². The van der Waals surface area contributed by atoms with Crippen LogP contribution in [0.15, 0.2) is 33.9 Å². The Bertz CT molecular complexity index is 1440. The Balaban J connectivity index is 1.47. The van der Waals surface area contributed by atoms with Gasteiger partial charge in [-0.1, -0.05) is 12.1 Å². The Morgan fingerprint density at radius 3 is 2.46 bits per heavy atom. The Morgan fingerprint density at radius 1 is 1.03 bits per heavy atom. The number of benzene rings is 1. The highest BCUT2D eigenvalue weighted by atomic mass is 35.5. The van der Waals surface area contributed by atoms with E-state index in [2.05, 4.69) is 25.4 Å². The molecule has 0 saturated carbocycles. The highest BCUT2D eigenvalue weighted by Gasteiger charge is 2.28. The molecular formula is C20H20ClF4N8O2+. The molecule has 0 aliphatic heterocycles. The monoisotopic (exact) mass is 515 g/mol. The smallest absolute Gasteiger partial charge is 0.265 e. The summed E-state index contributed by atoms with van der Waals surface area (Å²) in [7, 11) is 0. The highest BCUT2D eigenvalue weighted by molar-refractivity contribution is 6.27. The third kappa shape index (κ3) is 5.93. The highest BCUT2D eigenvalue weighted by Crippen LogP contribution is 2.21. The second kappa shape index (κ2) is 9.98. The van der Waals surface area contributed by atoms with Gasteiger partial charge in [0.05, 0.1) is 13.1 Å². The largest absolute Gasteiger partial charge is 0.389 e. The minimum Gasteiger partial charge on any atom is -0.265 e. The second-order valence-electron chi connectivity index (χ2n) is 7.86. The molecule has 1 aromatic carbocycles. The molecule has 3 heterocycles. The summed E-state index contributed by atoms with van der Waals surface area (Å²) in [5.41, 5.74) is -0.573. The Labute approximate surface area is 199 Å². The molecule has 0 amide bonds. The average molecular weight is 516 g/mol. The fourth-order valence-electron chi connectivity index (χ4n) is 3.63. The van der Waals surface area contributed by atoms with Gasteiger partial charge in [-0.05, 0) is 47.4 Å². The normalized spacial score (nSPS) is 12.0. The Hall–Kier alpha value is -3.55. The number of hydrogen-bond acceptors (Lipinski definition) is 5. The van der Waals surface area contributed by atoms with Crippen molar-refractivity contribution in [3.63, 3.8) is 0 Å². The molecule has 0 unspecified atom stereocenters. The maximum Gasteiger partial charge on any atom is 0.389 e. The molecule has 0 bridgehead atoms. The first-order valence-electron chi connectivity index (χ1n) is 10.6. The number of alkyl halides is 3. The van der Waals surface area contributed by atoms with E-state index >= 15 is 0 Å². The van der Waals surface area contributed by atoms with Gasteiger partial charge in [0.25, 0.3) is 10.9 Å². The van der Waals surface area contributed by atoms with Crippen molar-refractivity contribution in [3.8, 4) is 0 Å². The molecule has 4 aromatic rings. The van der Waals surface area contributed by atoms with Crippen LogP contribution in [0.3, 0.4) is 0 Å². The van der Waals surface area contributed by atoms with E-state index in [0.29, 0.717) is 12.2 Å². The number of nitrogens with zero attached hydrogens (tertiary/aromatic N) is 6. The van der Waals surface area contributed by atoms with E-state index in [4.69, 9.17) is 11.6 Å². The van der Waals surface area contributed by atoms with Crippen LogP contribution in [0, 0.1) is 5.82 Å². The molecule has 0 radical (unpaired) electrons. The van der Waals surface area contributed by atoms with Gasteiger partial charge in [-0.15, -0.1) is 10.2 Å². The number of fused-ring (bicyclic) bond motifs is 1. The van der Waals surface area contributed by atoms with E-state index in [0.717, 1.165) is 14.7 Å². The molecule has 0 atom stereocenters. The lowest BCUT2D eigenvalue weighted by atomic mass is 10.1. The molecule has 186 valence electrons. The number of imidazole rings is 1. The van der Waals surface area contributed by atoms with Gasteiger partial charge in [-0.3, -0.25) is 9.78 Å². The lowest BCUT2D eigenvalue weighted by molar-refractivity contribution is -0.346. The molecule has 2 N–H and O–H groups in total. The summed E-state index contributed by atoms with van der Waals surface area (Å²) in [6.45, 7) is -0.0540. The molecule has 4 rings (SSSR count). The van der Waals surface area contributed by atoms with Gasteiger partial charge >= 0.3 is 17.4 Å². The number of hydrogen-bond donors (Lipinski definition) is 1. The van der Waals surface area contributed by atoms with Crippen molar-refractivity contribution in [1.82, 2.24) is 34.3 Å². The molecule has 35 heavy (non-hydrogen) atoms. The van der Waals surface area contributed by atoms with Crippen LogP contribution in [0.1, 0.15) is 30.7 Å². The van der Waals surface area contributed by atoms with E-state index in [1.165, 1.54) is 16.9 Å². The Kier molecular flexibility index (Phi) is 7.00.